The first-order chi connectivity index (χ1) is 9.16. The van der Waals surface area contributed by atoms with Gasteiger partial charge in [-0.2, -0.15) is 0 Å². The Bertz CT molecular complexity index is 517. The Hall–Kier alpha value is -1.67. The minimum atomic E-state index is -0.148. The van der Waals surface area contributed by atoms with Crippen LogP contribution in [-0.2, 0) is 13.1 Å². The van der Waals surface area contributed by atoms with E-state index in [1.54, 1.807) is 6.07 Å². The molecule has 1 N–H and O–H groups in total. The molecule has 0 fully saturated rings. The van der Waals surface area contributed by atoms with E-state index in [1.165, 1.54) is 17.2 Å². The zero-order valence-electron chi connectivity index (χ0n) is 11.5. The number of hydrogen-bond acceptors (Lipinski definition) is 1. The lowest BCUT2D eigenvalue weighted by molar-refractivity contribution is 0.588. The Labute approximate surface area is 114 Å². The highest BCUT2D eigenvalue weighted by Gasteiger charge is 2.01. The van der Waals surface area contributed by atoms with Gasteiger partial charge in [-0.15, -0.1) is 0 Å². The van der Waals surface area contributed by atoms with Gasteiger partial charge in [-0.25, -0.2) is 4.39 Å². The molecule has 0 unspecified atom stereocenters. The average molecular weight is 257 g/mol. The molecular weight excluding hydrogens is 237 g/mol. The molecule has 0 aromatic heterocycles. The predicted octanol–water partition coefficient (Wildman–Crippen LogP) is 4.24. The van der Waals surface area contributed by atoms with Gasteiger partial charge in [0.25, 0.3) is 0 Å². The van der Waals surface area contributed by atoms with Crippen molar-refractivity contribution in [2.24, 2.45) is 0 Å². The molecule has 0 amide bonds. The lowest BCUT2D eigenvalue weighted by Gasteiger charge is -2.08. The van der Waals surface area contributed by atoms with Gasteiger partial charge in [-0.3, -0.25) is 0 Å². The normalized spacial score (nSPS) is 10.9. The summed E-state index contributed by atoms with van der Waals surface area (Å²) in [6, 6.07) is 15.4. The van der Waals surface area contributed by atoms with Gasteiger partial charge in [0.2, 0.25) is 0 Å². The molecule has 0 spiro atoms. The van der Waals surface area contributed by atoms with Crippen molar-refractivity contribution in [1.29, 1.82) is 0 Å². The van der Waals surface area contributed by atoms with Gasteiger partial charge >= 0.3 is 0 Å². The molecule has 0 aliphatic rings. The van der Waals surface area contributed by atoms with Crippen molar-refractivity contribution in [2.45, 2.75) is 32.9 Å². The second-order valence-electron chi connectivity index (χ2n) is 5.09. The number of benzene rings is 2. The zero-order chi connectivity index (χ0) is 13.7. The van der Waals surface area contributed by atoms with Crippen LogP contribution in [0.3, 0.4) is 0 Å². The molecule has 0 saturated heterocycles. The lowest BCUT2D eigenvalue weighted by Crippen LogP contribution is -2.13. The van der Waals surface area contributed by atoms with Crippen LogP contribution in [0.1, 0.15) is 36.5 Å². The van der Waals surface area contributed by atoms with Crippen LogP contribution < -0.4 is 5.32 Å². The third-order valence-electron chi connectivity index (χ3n) is 3.25. The van der Waals surface area contributed by atoms with Gasteiger partial charge in [-0.05, 0) is 23.1 Å². The summed E-state index contributed by atoms with van der Waals surface area (Å²) in [5, 5.41) is 3.27. The van der Waals surface area contributed by atoms with E-state index in [0.29, 0.717) is 18.0 Å². The van der Waals surface area contributed by atoms with E-state index in [4.69, 9.17) is 0 Å². The maximum Gasteiger partial charge on any atom is 0.127 e. The number of hydrogen-bond donors (Lipinski definition) is 1. The van der Waals surface area contributed by atoms with Gasteiger partial charge in [0.05, 0.1) is 0 Å². The maximum absolute atomic E-state index is 13.4. The molecule has 1 nitrogen and oxygen atoms in total. The summed E-state index contributed by atoms with van der Waals surface area (Å²) in [5.41, 5.74) is 3.28. The van der Waals surface area contributed by atoms with Crippen molar-refractivity contribution < 1.29 is 4.39 Å². The quantitative estimate of drug-likeness (QED) is 0.844. The van der Waals surface area contributed by atoms with Crippen LogP contribution in [0.2, 0.25) is 0 Å². The highest BCUT2D eigenvalue weighted by Crippen LogP contribution is 2.14. The van der Waals surface area contributed by atoms with Crippen LogP contribution in [0.4, 0.5) is 4.39 Å². The fourth-order valence-corrected chi connectivity index (χ4v) is 2.00. The highest BCUT2D eigenvalue weighted by molar-refractivity contribution is 5.24. The van der Waals surface area contributed by atoms with Crippen LogP contribution in [0.15, 0.2) is 48.5 Å². The first kappa shape index (κ1) is 13.8. The summed E-state index contributed by atoms with van der Waals surface area (Å²) in [5.74, 6) is 0.408. The van der Waals surface area contributed by atoms with Crippen molar-refractivity contribution in [2.75, 3.05) is 0 Å². The average Bonchev–Trinajstić information content (AvgIpc) is 2.41. The molecule has 2 rings (SSSR count). The molecule has 2 aromatic rings. The summed E-state index contributed by atoms with van der Waals surface area (Å²) < 4.78 is 13.4. The van der Waals surface area contributed by atoms with Gasteiger partial charge < -0.3 is 5.32 Å². The van der Waals surface area contributed by atoms with E-state index < -0.39 is 0 Å². The van der Waals surface area contributed by atoms with Crippen LogP contribution in [0.25, 0.3) is 0 Å². The van der Waals surface area contributed by atoms with Gasteiger partial charge in [0.15, 0.2) is 0 Å². The van der Waals surface area contributed by atoms with E-state index in [0.717, 1.165) is 6.54 Å². The van der Waals surface area contributed by atoms with Crippen molar-refractivity contribution in [1.82, 2.24) is 5.32 Å². The maximum atomic E-state index is 13.4. The van der Waals surface area contributed by atoms with Crippen molar-refractivity contribution >= 4 is 0 Å². The monoisotopic (exact) mass is 257 g/mol. The third kappa shape index (κ3) is 3.90. The van der Waals surface area contributed by atoms with E-state index in [1.807, 2.05) is 12.1 Å². The SMILES string of the molecule is CC(C)c1ccc(CNCc2ccccc2F)cc1. The van der Waals surface area contributed by atoms with Crippen molar-refractivity contribution in [3.8, 4) is 0 Å². The minimum Gasteiger partial charge on any atom is -0.309 e. The predicted molar refractivity (Wildman–Crippen MR) is 77.5 cm³/mol. The molecule has 0 aliphatic heterocycles. The van der Waals surface area contributed by atoms with Gasteiger partial charge in [0.1, 0.15) is 5.82 Å². The Morgan fingerprint density at radius 3 is 2.26 bits per heavy atom. The van der Waals surface area contributed by atoms with Crippen molar-refractivity contribution in [3.05, 3.63) is 71.0 Å². The summed E-state index contributed by atoms with van der Waals surface area (Å²) in [6.45, 7) is 5.68. The molecule has 0 heterocycles. The minimum absolute atomic E-state index is 0.148. The molecule has 19 heavy (non-hydrogen) atoms. The standard InChI is InChI=1S/C17H20FN/c1-13(2)15-9-7-14(8-10-15)11-19-12-16-5-3-4-6-17(16)18/h3-10,13,19H,11-12H2,1-2H3. The smallest absolute Gasteiger partial charge is 0.127 e. The second kappa shape index (κ2) is 6.48. The topological polar surface area (TPSA) is 12.0 Å². The summed E-state index contributed by atoms with van der Waals surface area (Å²) in [4.78, 5) is 0. The molecule has 2 heteroatoms. The number of rotatable bonds is 5. The molecule has 100 valence electrons. The Kier molecular flexibility index (Phi) is 4.69. The molecule has 2 aromatic carbocycles. The Balaban J connectivity index is 1.87. The molecule has 0 aliphatic carbocycles. The highest BCUT2D eigenvalue weighted by atomic mass is 19.1. The molecular formula is C17H20FN. The van der Waals surface area contributed by atoms with Gasteiger partial charge in [0, 0.05) is 18.7 Å². The first-order valence-electron chi connectivity index (χ1n) is 6.70. The van der Waals surface area contributed by atoms with E-state index in [2.05, 4.69) is 43.4 Å². The van der Waals surface area contributed by atoms with E-state index in [-0.39, 0.29) is 5.82 Å². The largest absolute Gasteiger partial charge is 0.309 e. The second-order valence-corrected chi connectivity index (χ2v) is 5.09. The van der Waals surface area contributed by atoms with Crippen LogP contribution >= 0.6 is 0 Å². The van der Waals surface area contributed by atoms with Crippen LogP contribution in [0, 0.1) is 5.82 Å². The van der Waals surface area contributed by atoms with E-state index in [9.17, 15) is 4.39 Å². The van der Waals surface area contributed by atoms with Gasteiger partial charge in [-0.1, -0.05) is 56.3 Å². The lowest BCUT2D eigenvalue weighted by atomic mass is 10.0. The summed E-state index contributed by atoms with van der Waals surface area (Å²) >= 11 is 0. The fraction of sp³-hybridized carbons (Fsp3) is 0.294. The number of halogens is 1. The first-order valence-corrected chi connectivity index (χ1v) is 6.70. The van der Waals surface area contributed by atoms with Crippen LogP contribution in [0.5, 0.6) is 0 Å². The fourth-order valence-electron chi connectivity index (χ4n) is 2.00. The molecule has 0 atom stereocenters. The van der Waals surface area contributed by atoms with E-state index >= 15 is 0 Å². The summed E-state index contributed by atoms with van der Waals surface area (Å²) in [7, 11) is 0. The molecule has 0 radical (unpaired) electrons. The number of nitrogens with one attached hydrogen (secondary N) is 1. The Morgan fingerprint density at radius 1 is 0.947 bits per heavy atom. The molecule has 0 bridgehead atoms. The third-order valence-corrected chi connectivity index (χ3v) is 3.25. The molecule has 0 saturated carbocycles. The Morgan fingerprint density at radius 2 is 1.63 bits per heavy atom. The summed E-state index contributed by atoms with van der Waals surface area (Å²) in [6.07, 6.45) is 0. The zero-order valence-corrected chi connectivity index (χ0v) is 11.5. The van der Waals surface area contributed by atoms with Crippen molar-refractivity contribution in [3.63, 3.8) is 0 Å². The van der Waals surface area contributed by atoms with Crippen LogP contribution in [-0.4, -0.2) is 0 Å².